The molecule has 2 N–H and O–H groups in total. The summed E-state index contributed by atoms with van der Waals surface area (Å²) in [7, 11) is 1.42. The first-order chi connectivity index (χ1) is 20.8. The molecule has 0 radical (unpaired) electrons. The number of methoxy groups -OCH3 is 1. The topological polar surface area (TPSA) is 93.1 Å². The first-order valence-corrected chi connectivity index (χ1v) is 14.7. The summed E-state index contributed by atoms with van der Waals surface area (Å²) in [5.41, 5.74) is -10.8. The van der Waals surface area contributed by atoms with Gasteiger partial charge in [-0.15, -0.1) is 0 Å². The van der Waals surface area contributed by atoms with Crippen LogP contribution in [0.1, 0.15) is 92.9 Å². The number of hydrogen-bond acceptors (Lipinski definition) is 6. The van der Waals surface area contributed by atoms with Crippen LogP contribution < -0.4 is 0 Å². The van der Waals surface area contributed by atoms with Crippen molar-refractivity contribution in [3.8, 4) is 0 Å². The Balaban J connectivity index is 0.000000722. The normalized spacial score (nSPS) is 20.9. The highest BCUT2D eigenvalue weighted by Gasteiger charge is 2.71. The molecule has 0 heterocycles. The lowest BCUT2D eigenvalue weighted by Crippen LogP contribution is -2.58. The lowest BCUT2D eigenvalue weighted by atomic mass is 9.79. The van der Waals surface area contributed by atoms with E-state index in [4.69, 9.17) is 10.2 Å². The van der Waals surface area contributed by atoms with E-state index in [-0.39, 0.29) is 23.2 Å². The summed E-state index contributed by atoms with van der Waals surface area (Å²) in [5.74, 6) is -1.58. The number of carbonyl (C=O) groups is 2. The number of hydrogen-bond donors (Lipinski definition) is 2. The zero-order valence-corrected chi connectivity index (χ0v) is 27.2. The fourth-order valence-corrected chi connectivity index (χ4v) is 4.89. The zero-order chi connectivity index (χ0) is 37.7. The Morgan fingerprint density at radius 3 is 1.34 bits per heavy atom. The number of fused-ring (bicyclic) bond motifs is 2. The molecule has 18 heteroatoms. The lowest BCUT2D eigenvalue weighted by Gasteiger charge is -2.36. The fraction of sp³-hybridized carbons (Fsp3) is 0.931. The number of esters is 2. The first-order valence-electron chi connectivity index (χ1n) is 14.7. The molecule has 2 bridgehead atoms. The van der Waals surface area contributed by atoms with Crippen LogP contribution in [0.2, 0.25) is 0 Å². The monoisotopic (exact) mass is 716 g/mol. The molecule has 0 saturated heterocycles. The van der Waals surface area contributed by atoms with Gasteiger partial charge in [0, 0.05) is 6.42 Å². The molecule has 280 valence electrons. The zero-order valence-electron chi connectivity index (χ0n) is 27.2. The van der Waals surface area contributed by atoms with Gasteiger partial charge in [-0.3, -0.25) is 9.59 Å². The number of aliphatic hydroxyl groups is 2. The molecule has 2 saturated carbocycles. The second-order valence-electron chi connectivity index (χ2n) is 13.2. The average Bonchev–Trinajstić information content (AvgIpc) is 3.54. The predicted molar refractivity (Wildman–Crippen MR) is 143 cm³/mol. The molecule has 0 aliphatic heterocycles. The van der Waals surface area contributed by atoms with Crippen molar-refractivity contribution < 1.29 is 82.0 Å². The highest BCUT2D eigenvalue weighted by molar-refractivity contribution is 5.76. The average molecular weight is 717 g/mol. The van der Waals surface area contributed by atoms with Gasteiger partial charge in [0.1, 0.15) is 0 Å². The molecule has 0 spiro atoms. The Bertz CT molecular complexity index is 987. The molecule has 3 atom stereocenters. The maximum absolute atomic E-state index is 12.5. The van der Waals surface area contributed by atoms with Crippen molar-refractivity contribution in [1.82, 2.24) is 0 Å². The van der Waals surface area contributed by atoms with Crippen LogP contribution in [0.4, 0.5) is 52.7 Å². The van der Waals surface area contributed by atoms with Gasteiger partial charge >= 0.3 is 36.6 Å². The van der Waals surface area contributed by atoms with Gasteiger partial charge in [-0.05, 0) is 84.0 Å². The standard InChI is InChI=1S/C11H16F6O3.C11H14F6O.C7H14O2/c1-4-8(2,3)7(18)20-6-5-9(19,10(12,13)14)11(15,16)17;12-10(13,14)9(18,11(15,16)17)5-8-4-6-1-2-7(8)3-6;1-5-7(2,3)6(8)9-4/h19H,4-6H2,1-3H3;6-8,18H,1-5H2;5H2,1-4H3. The van der Waals surface area contributed by atoms with Crippen molar-refractivity contribution in [3.05, 3.63) is 0 Å². The predicted octanol–water partition coefficient (Wildman–Crippen LogP) is 8.48. The van der Waals surface area contributed by atoms with Gasteiger partial charge in [0.15, 0.2) is 0 Å². The summed E-state index contributed by atoms with van der Waals surface area (Å²) >= 11 is 0. The largest absolute Gasteiger partial charge is 0.469 e. The van der Waals surface area contributed by atoms with E-state index in [0.717, 1.165) is 12.8 Å². The van der Waals surface area contributed by atoms with Crippen molar-refractivity contribution in [3.63, 3.8) is 0 Å². The molecule has 2 rings (SSSR count). The lowest BCUT2D eigenvalue weighted by molar-refractivity contribution is -0.373. The van der Waals surface area contributed by atoms with E-state index in [1.54, 1.807) is 6.92 Å². The van der Waals surface area contributed by atoms with E-state index in [1.807, 2.05) is 20.8 Å². The minimum Gasteiger partial charge on any atom is -0.469 e. The van der Waals surface area contributed by atoms with Gasteiger partial charge < -0.3 is 19.7 Å². The highest BCUT2D eigenvalue weighted by atomic mass is 19.4. The second kappa shape index (κ2) is 15.7. The van der Waals surface area contributed by atoms with Crippen LogP contribution in [0, 0.1) is 28.6 Å². The van der Waals surface area contributed by atoms with Gasteiger partial charge in [-0.2, -0.15) is 52.7 Å². The van der Waals surface area contributed by atoms with Crippen LogP contribution in [-0.2, 0) is 19.1 Å². The van der Waals surface area contributed by atoms with Crippen molar-refractivity contribution in [2.75, 3.05) is 13.7 Å². The summed E-state index contributed by atoms with van der Waals surface area (Å²) in [5, 5.41) is 17.9. The first kappa shape index (κ1) is 45.0. The van der Waals surface area contributed by atoms with E-state index in [0.29, 0.717) is 25.7 Å². The molecule has 0 aromatic carbocycles. The van der Waals surface area contributed by atoms with Gasteiger partial charge in [0.05, 0.1) is 24.5 Å². The second-order valence-corrected chi connectivity index (χ2v) is 13.2. The van der Waals surface area contributed by atoms with E-state index in [1.165, 1.54) is 21.0 Å². The Hall–Kier alpha value is -1.98. The van der Waals surface area contributed by atoms with Crippen LogP contribution in [-0.4, -0.2) is 71.8 Å². The number of halogens is 12. The number of ether oxygens (including phenoxy) is 2. The van der Waals surface area contributed by atoms with Crippen molar-refractivity contribution in [1.29, 1.82) is 0 Å². The molecule has 0 amide bonds. The molecular formula is C29H44F12O6. The number of alkyl halides is 12. The Morgan fingerprint density at radius 2 is 1.06 bits per heavy atom. The molecule has 47 heavy (non-hydrogen) atoms. The Morgan fingerprint density at radius 1 is 0.660 bits per heavy atom. The van der Waals surface area contributed by atoms with E-state index < -0.39 is 72.7 Å². The molecular weight excluding hydrogens is 672 g/mol. The van der Waals surface area contributed by atoms with E-state index >= 15 is 0 Å². The minimum absolute atomic E-state index is 0.0915. The van der Waals surface area contributed by atoms with Gasteiger partial charge in [-0.25, -0.2) is 0 Å². The van der Waals surface area contributed by atoms with E-state index in [9.17, 15) is 62.3 Å². The van der Waals surface area contributed by atoms with Crippen LogP contribution in [0.15, 0.2) is 0 Å². The molecule has 0 aromatic heterocycles. The van der Waals surface area contributed by atoms with Crippen LogP contribution in [0.5, 0.6) is 0 Å². The molecule has 2 aliphatic carbocycles. The summed E-state index contributed by atoms with van der Waals surface area (Å²) < 4.78 is 158. The molecule has 6 nitrogen and oxygen atoms in total. The molecule has 3 unspecified atom stereocenters. The van der Waals surface area contributed by atoms with Gasteiger partial charge in [0.25, 0.3) is 11.2 Å². The number of carbonyl (C=O) groups excluding carboxylic acids is 2. The SMILES string of the molecule is CCC(C)(C)C(=O)OC.CCC(C)(C)C(=O)OCCC(O)(C(F)(F)F)C(F)(F)F.OC(CC1CC2CCC1C2)(C(F)(F)F)C(F)(F)F. The maximum Gasteiger partial charge on any atom is 0.426 e. The smallest absolute Gasteiger partial charge is 0.426 e. The summed E-state index contributed by atoms with van der Waals surface area (Å²) in [4.78, 5) is 22.3. The maximum atomic E-state index is 12.5. The third kappa shape index (κ3) is 11.3. The van der Waals surface area contributed by atoms with Crippen LogP contribution in [0.3, 0.4) is 0 Å². The van der Waals surface area contributed by atoms with Crippen molar-refractivity contribution in [2.45, 2.75) is 129 Å². The van der Waals surface area contributed by atoms with Crippen LogP contribution in [0.25, 0.3) is 0 Å². The Kier molecular flexibility index (Phi) is 15.0. The Labute approximate surface area is 265 Å². The van der Waals surface area contributed by atoms with Crippen molar-refractivity contribution in [2.24, 2.45) is 28.6 Å². The fourth-order valence-electron chi connectivity index (χ4n) is 4.89. The third-order valence-electron chi connectivity index (χ3n) is 9.07. The number of rotatable bonds is 9. The molecule has 0 aromatic rings. The van der Waals surface area contributed by atoms with Crippen molar-refractivity contribution >= 4 is 11.9 Å². The molecule has 2 fully saturated rings. The summed E-state index contributed by atoms with van der Waals surface area (Å²) in [6, 6.07) is 0. The minimum atomic E-state index is -5.90. The molecule has 2 aliphatic rings. The van der Waals surface area contributed by atoms with E-state index in [2.05, 4.69) is 9.47 Å². The third-order valence-corrected chi connectivity index (χ3v) is 9.07. The van der Waals surface area contributed by atoms with Crippen LogP contribution >= 0.6 is 0 Å². The van der Waals surface area contributed by atoms with Gasteiger partial charge in [0.2, 0.25) is 0 Å². The highest BCUT2D eigenvalue weighted by Crippen LogP contribution is 2.55. The van der Waals surface area contributed by atoms with Gasteiger partial charge in [-0.1, -0.05) is 20.3 Å². The summed E-state index contributed by atoms with van der Waals surface area (Å²) in [6.07, 6.45) is -22.4. The quantitative estimate of drug-likeness (QED) is 0.184. The summed E-state index contributed by atoms with van der Waals surface area (Å²) in [6.45, 7) is 9.03.